The molecule has 3 heterocycles. The molecule has 1 saturated heterocycles. The Kier molecular flexibility index (Phi) is 2.29. The van der Waals surface area contributed by atoms with Crippen LogP contribution >= 0.6 is 0 Å². The minimum atomic E-state index is 0.153. The summed E-state index contributed by atoms with van der Waals surface area (Å²) in [5.41, 5.74) is 7.16. The molecule has 0 aliphatic carbocycles. The zero-order valence-electron chi connectivity index (χ0n) is 13.4. The molecule has 5 rings (SSSR count). The first-order chi connectivity index (χ1) is 10.5. The van der Waals surface area contributed by atoms with Crippen molar-refractivity contribution < 1.29 is 21.2 Å². The van der Waals surface area contributed by atoms with Crippen LogP contribution in [-0.4, -0.2) is 16.6 Å². The van der Waals surface area contributed by atoms with Crippen LogP contribution in [0.25, 0.3) is 0 Å². The molecule has 2 unspecified atom stereocenters. The van der Waals surface area contributed by atoms with E-state index >= 15 is 0 Å². The van der Waals surface area contributed by atoms with Crippen LogP contribution < -0.4 is 31.0 Å². The van der Waals surface area contributed by atoms with Gasteiger partial charge in [-0.25, -0.2) is 0 Å². The Labute approximate surface area is 142 Å². The molecule has 2 aromatic rings. The molecule has 2 nitrogen and oxygen atoms in total. The van der Waals surface area contributed by atoms with Gasteiger partial charge in [-0.15, -0.1) is 0 Å². The van der Waals surface area contributed by atoms with Gasteiger partial charge in [-0.3, -0.25) is 0 Å². The Bertz CT molecular complexity index is 817. The Morgan fingerprint density at radius 2 is 1.73 bits per heavy atom. The van der Waals surface area contributed by atoms with E-state index in [1.54, 1.807) is 5.56 Å². The average Bonchev–Trinajstić information content (AvgIpc) is 2.96. The molecule has 3 atom stereocenters. The number of hydrogen-bond acceptors (Lipinski definition) is 2. The van der Waals surface area contributed by atoms with Crippen molar-refractivity contribution in [3.8, 4) is 0 Å². The van der Waals surface area contributed by atoms with Gasteiger partial charge in [0.25, 0.3) is 0 Å². The van der Waals surface area contributed by atoms with E-state index in [4.69, 9.17) is 0 Å². The zero-order chi connectivity index (χ0) is 15.3. The van der Waals surface area contributed by atoms with Gasteiger partial charge in [0.05, 0.1) is 0 Å². The maximum absolute atomic E-state index is 2.61. The summed E-state index contributed by atoms with van der Waals surface area (Å²) in [6.45, 7) is 7.25. The van der Waals surface area contributed by atoms with Gasteiger partial charge in [-0.1, -0.05) is 0 Å². The van der Waals surface area contributed by atoms with E-state index in [0.29, 0.717) is 13.0 Å². The fourth-order valence-corrected chi connectivity index (χ4v) is 8.85. The third-order valence-electron chi connectivity index (χ3n) is 5.80. The van der Waals surface area contributed by atoms with Crippen LogP contribution in [0.5, 0.6) is 0 Å². The second kappa shape index (κ2) is 3.81. The molecule has 0 aromatic heterocycles. The molecule has 0 spiro atoms. The summed E-state index contributed by atoms with van der Waals surface area (Å²) >= 11 is 0.153. The van der Waals surface area contributed by atoms with Crippen molar-refractivity contribution in [1.82, 2.24) is 0 Å². The minimum absolute atomic E-state index is 0.153. The number of hydrogen-bond donors (Lipinski definition) is 0. The van der Waals surface area contributed by atoms with E-state index in [1.165, 1.54) is 22.6 Å². The van der Waals surface area contributed by atoms with Crippen molar-refractivity contribution in [1.29, 1.82) is 0 Å². The number of halogens is 1. The van der Waals surface area contributed by atoms with Crippen LogP contribution in [0.3, 0.4) is 0 Å². The third kappa shape index (κ3) is 1.29. The van der Waals surface area contributed by atoms with Crippen molar-refractivity contribution in [3.05, 3.63) is 53.6 Å². The molecular weight excluding hydrogens is 383 g/mol. The van der Waals surface area contributed by atoms with Crippen LogP contribution in [-0.2, 0) is 3.42 Å². The van der Waals surface area contributed by atoms with E-state index in [0.717, 1.165) is 0 Å². The van der Waals surface area contributed by atoms with Gasteiger partial charge < -0.3 is 0 Å². The quantitative estimate of drug-likeness (QED) is 0.479. The average molecular weight is 403 g/mol. The molecule has 114 valence electrons. The molecule has 0 bridgehead atoms. The summed E-state index contributed by atoms with van der Waals surface area (Å²) in [4.78, 5) is 5.13. The number of benzene rings is 2. The number of para-hydroxylation sites is 2. The van der Waals surface area contributed by atoms with Crippen LogP contribution in [0, 0.1) is 6.92 Å². The molecule has 3 heteroatoms. The van der Waals surface area contributed by atoms with Crippen LogP contribution in [0.1, 0.15) is 25.0 Å². The molecule has 1 fully saturated rings. The normalized spacial score (nSPS) is 34.3. The number of anilines is 3. The van der Waals surface area contributed by atoms with E-state index < -0.39 is 0 Å². The number of aryl methyl sites for hydroxylation is 1. The fraction of sp³-hybridized carbons (Fsp3) is 0.368. The Morgan fingerprint density at radius 1 is 1.00 bits per heavy atom. The Hall–Kier alpha value is -1.23. The van der Waals surface area contributed by atoms with E-state index in [2.05, 4.69) is 80.1 Å². The van der Waals surface area contributed by atoms with Gasteiger partial charge in [-0.2, -0.15) is 0 Å². The third-order valence-corrected chi connectivity index (χ3v) is 10.8. The predicted molar refractivity (Wildman–Crippen MR) is 87.7 cm³/mol. The van der Waals surface area contributed by atoms with Gasteiger partial charge in [0.1, 0.15) is 0 Å². The standard InChI is InChI=1S/C19H20IN2/c1-12-9-10-14-13(11-12)18(2)19(3,20-18)17-21(4)15-7-5-6-8-16(15)22(14)17/h5-11,17H,1-4H3/q-1/t17?,18?,19-/m1/s1. The van der Waals surface area contributed by atoms with Gasteiger partial charge in [0, 0.05) is 0 Å². The van der Waals surface area contributed by atoms with Crippen LogP contribution in [0.4, 0.5) is 17.1 Å². The summed E-state index contributed by atoms with van der Waals surface area (Å²) in [5.74, 6) is 0. The summed E-state index contributed by atoms with van der Waals surface area (Å²) < 4.78 is 0.852. The molecule has 0 amide bonds. The van der Waals surface area contributed by atoms with Gasteiger partial charge >= 0.3 is 142 Å². The molecule has 0 saturated carbocycles. The Morgan fingerprint density at radius 3 is 2.50 bits per heavy atom. The Balaban J connectivity index is 1.83. The van der Waals surface area contributed by atoms with Crippen molar-refractivity contribution in [3.63, 3.8) is 0 Å². The fourth-order valence-electron chi connectivity index (χ4n) is 4.48. The molecule has 3 aliphatic heterocycles. The molecule has 0 N–H and O–H groups in total. The summed E-state index contributed by atoms with van der Waals surface area (Å²) in [6, 6.07) is 15.9. The number of rotatable bonds is 0. The van der Waals surface area contributed by atoms with Gasteiger partial charge in [0.2, 0.25) is 0 Å². The van der Waals surface area contributed by atoms with E-state index in [-0.39, 0.29) is 21.2 Å². The van der Waals surface area contributed by atoms with Crippen molar-refractivity contribution in [2.75, 3.05) is 16.8 Å². The van der Waals surface area contributed by atoms with Crippen molar-refractivity contribution in [2.45, 2.75) is 33.8 Å². The molecule has 3 aliphatic rings. The first-order valence-corrected chi connectivity index (χ1v) is 10.0. The summed E-state index contributed by atoms with van der Waals surface area (Å²) in [7, 11) is 2.27. The van der Waals surface area contributed by atoms with Gasteiger partial charge in [0.15, 0.2) is 0 Å². The summed E-state index contributed by atoms with van der Waals surface area (Å²) in [5, 5.41) is 0. The second-order valence-electron chi connectivity index (χ2n) is 7.04. The molecular formula is C19H20IN2-. The molecule has 0 radical (unpaired) electrons. The predicted octanol–water partition coefficient (Wildman–Crippen LogP) is 0.999. The van der Waals surface area contributed by atoms with E-state index in [1.807, 2.05) is 0 Å². The SMILES string of the molecule is Cc1ccc2c(c1)C1(C)[I-][C@]1(C)C1N(C)c3ccccc3N21. The first-order valence-electron chi connectivity index (χ1n) is 7.87. The molecule has 2 aromatic carbocycles. The second-order valence-corrected chi connectivity index (χ2v) is 12.0. The summed E-state index contributed by atoms with van der Waals surface area (Å²) in [6.07, 6.45) is 0.484. The number of fused-ring (bicyclic) bond motifs is 8. The van der Waals surface area contributed by atoms with Crippen molar-refractivity contribution in [2.24, 2.45) is 0 Å². The number of nitrogens with zero attached hydrogens (tertiary/aromatic N) is 2. The van der Waals surface area contributed by atoms with Gasteiger partial charge in [-0.05, 0) is 0 Å². The van der Waals surface area contributed by atoms with Crippen molar-refractivity contribution >= 4 is 17.1 Å². The topological polar surface area (TPSA) is 6.48 Å². The van der Waals surface area contributed by atoms with Crippen LogP contribution in [0.15, 0.2) is 42.5 Å². The molecule has 22 heavy (non-hydrogen) atoms. The monoisotopic (exact) mass is 403 g/mol. The zero-order valence-corrected chi connectivity index (χ0v) is 15.5. The first kappa shape index (κ1) is 13.2. The van der Waals surface area contributed by atoms with E-state index in [9.17, 15) is 0 Å². The van der Waals surface area contributed by atoms with Crippen LogP contribution in [0.2, 0.25) is 0 Å². The number of alkyl halides is 2. The maximum atomic E-state index is 2.61.